The van der Waals surface area contributed by atoms with Crippen molar-refractivity contribution in [3.05, 3.63) is 23.8 Å². The van der Waals surface area contributed by atoms with Gasteiger partial charge >= 0.3 is 0 Å². The fourth-order valence-electron chi connectivity index (χ4n) is 1.09. The number of allylic oxidation sites excluding steroid dienone is 3. The minimum atomic E-state index is 0.685. The molecule has 0 aromatic carbocycles. The van der Waals surface area contributed by atoms with Crippen molar-refractivity contribution in [1.29, 1.82) is 0 Å². The maximum Gasteiger partial charge on any atom is -0.0177 e. The molecular formula is C13H26. The van der Waals surface area contributed by atoms with E-state index in [0.29, 0.717) is 5.92 Å². The molecule has 78 valence electrons. The van der Waals surface area contributed by atoms with Crippen molar-refractivity contribution in [2.75, 3.05) is 0 Å². The third-order valence-corrected chi connectivity index (χ3v) is 2.00. The first-order valence-electron chi connectivity index (χ1n) is 5.36. The van der Waals surface area contributed by atoms with E-state index in [4.69, 9.17) is 0 Å². The Balaban J connectivity index is 0. The predicted molar refractivity (Wildman–Crippen MR) is 64.0 cm³/mol. The summed E-state index contributed by atoms with van der Waals surface area (Å²) in [5, 5.41) is 0. The van der Waals surface area contributed by atoms with Gasteiger partial charge in [-0.1, -0.05) is 44.6 Å². The van der Waals surface area contributed by atoms with Gasteiger partial charge in [-0.2, -0.15) is 0 Å². The lowest BCUT2D eigenvalue weighted by Gasteiger charge is -2.11. The molecular weight excluding hydrogens is 156 g/mol. The Bertz CT molecular complexity index is 147. The maximum atomic E-state index is 3.97. The second kappa shape index (κ2) is 9.57. The monoisotopic (exact) mass is 182 g/mol. The van der Waals surface area contributed by atoms with Gasteiger partial charge in [0.15, 0.2) is 0 Å². The molecule has 1 atom stereocenters. The van der Waals surface area contributed by atoms with Crippen molar-refractivity contribution in [2.45, 2.75) is 54.4 Å². The topological polar surface area (TPSA) is 0 Å². The molecule has 0 aromatic heterocycles. The molecule has 0 rings (SSSR count). The summed E-state index contributed by atoms with van der Waals surface area (Å²) in [5.74, 6) is 0.685. The summed E-state index contributed by atoms with van der Waals surface area (Å²) in [6, 6.07) is 0. The molecule has 0 radical (unpaired) electrons. The van der Waals surface area contributed by atoms with Crippen molar-refractivity contribution in [1.82, 2.24) is 0 Å². The number of hydrogen-bond donors (Lipinski definition) is 0. The fraction of sp³-hybridized carbons (Fsp3) is 0.692. The highest BCUT2D eigenvalue weighted by Crippen LogP contribution is 2.17. The van der Waals surface area contributed by atoms with Gasteiger partial charge in [0.25, 0.3) is 0 Å². The van der Waals surface area contributed by atoms with Crippen LogP contribution in [0, 0.1) is 5.92 Å². The zero-order valence-corrected chi connectivity index (χ0v) is 10.3. The molecule has 0 N–H and O–H groups in total. The molecule has 0 aliphatic rings. The third-order valence-electron chi connectivity index (χ3n) is 2.00. The summed E-state index contributed by atoms with van der Waals surface area (Å²) < 4.78 is 0. The SMILES string of the molecule is C=C(C)C(CC)CC=C(C)C.CC. The molecule has 1 unspecified atom stereocenters. The van der Waals surface area contributed by atoms with E-state index in [1.165, 1.54) is 17.6 Å². The van der Waals surface area contributed by atoms with Crippen LogP contribution >= 0.6 is 0 Å². The van der Waals surface area contributed by atoms with Gasteiger partial charge in [-0.15, -0.1) is 0 Å². The zero-order valence-electron chi connectivity index (χ0n) is 10.3. The Kier molecular flexibility index (Phi) is 11.0. The van der Waals surface area contributed by atoms with Crippen LogP contribution in [0.1, 0.15) is 54.4 Å². The second-order valence-electron chi connectivity index (χ2n) is 3.47. The Labute approximate surface area is 84.7 Å². The minimum Gasteiger partial charge on any atom is -0.0998 e. The summed E-state index contributed by atoms with van der Waals surface area (Å²) in [6.07, 6.45) is 4.66. The van der Waals surface area contributed by atoms with Gasteiger partial charge in [0.1, 0.15) is 0 Å². The molecule has 0 spiro atoms. The van der Waals surface area contributed by atoms with Gasteiger partial charge in [-0.25, -0.2) is 0 Å². The van der Waals surface area contributed by atoms with Crippen LogP contribution in [0.15, 0.2) is 23.8 Å². The summed E-state index contributed by atoms with van der Waals surface area (Å²) >= 11 is 0. The summed E-state index contributed by atoms with van der Waals surface area (Å²) in [5.41, 5.74) is 2.72. The van der Waals surface area contributed by atoms with Gasteiger partial charge in [0.2, 0.25) is 0 Å². The van der Waals surface area contributed by atoms with Crippen molar-refractivity contribution < 1.29 is 0 Å². The summed E-state index contributed by atoms with van der Waals surface area (Å²) in [7, 11) is 0. The van der Waals surface area contributed by atoms with E-state index in [0.717, 1.165) is 6.42 Å². The fourth-order valence-corrected chi connectivity index (χ4v) is 1.09. The molecule has 0 amide bonds. The maximum absolute atomic E-state index is 3.97. The lowest BCUT2D eigenvalue weighted by atomic mass is 9.94. The largest absolute Gasteiger partial charge is 0.0998 e. The van der Waals surface area contributed by atoms with Crippen molar-refractivity contribution in [3.8, 4) is 0 Å². The first-order chi connectivity index (χ1) is 6.07. The van der Waals surface area contributed by atoms with Crippen LogP contribution in [0.3, 0.4) is 0 Å². The molecule has 0 saturated carbocycles. The van der Waals surface area contributed by atoms with Crippen LogP contribution in [0.2, 0.25) is 0 Å². The molecule has 0 aliphatic carbocycles. The van der Waals surface area contributed by atoms with Gasteiger partial charge in [-0.05, 0) is 39.5 Å². The highest BCUT2D eigenvalue weighted by molar-refractivity contribution is 5.02. The van der Waals surface area contributed by atoms with E-state index >= 15 is 0 Å². The molecule has 0 aromatic rings. The average Bonchev–Trinajstić information content (AvgIpc) is 2.08. The van der Waals surface area contributed by atoms with E-state index in [2.05, 4.69) is 40.3 Å². The molecule has 0 nitrogen and oxygen atoms in total. The van der Waals surface area contributed by atoms with Crippen LogP contribution in [0.25, 0.3) is 0 Å². The van der Waals surface area contributed by atoms with Crippen molar-refractivity contribution >= 4 is 0 Å². The van der Waals surface area contributed by atoms with E-state index in [9.17, 15) is 0 Å². The van der Waals surface area contributed by atoms with Crippen LogP contribution in [-0.4, -0.2) is 0 Å². The number of hydrogen-bond acceptors (Lipinski definition) is 0. The third kappa shape index (κ3) is 9.39. The molecule has 0 heterocycles. The highest BCUT2D eigenvalue weighted by atomic mass is 14.1. The van der Waals surface area contributed by atoms with E-state index in [1.54, 1.807) is 0 Å². The number of rotatable bonds is 4. The molecule has 0 heteroatoms. The highest BCUT2D eigenvalue weighted by Gasteiger charge is 2.03. The molecule has 0 aliphatic heterocycles. The van der Waals surface area contributed by atoms with Gasteiger partial charge in [0, 0.05) is 0 Å². The summed E-state index contributed by atoms with van der Waals surface area (Å²) in [6.45, 7) is 16.6. The zero-order chi connectivity index (χ0) is 10.9. The lowest BCUT2D eigenvalue weighted by Crippen LogP contribution is -1.97. The van der Waals surface area contributed by atoms with E-state index < -0.39 is 0 Å². The molecule has 13 heavy (non-hydrogen) atoms. The Hall–Kier alpha value is -0.520. The van der Waals surface area contributed by atoms with Crippen molar-refractivity contribution in [2.24, 2.45) is 5.92 Å². The molecule has 0 saturated heterocycles. The lowest BCUT2D eigenvalue weighted by molar-refractivity contribution is 0.601. The van der Waals surface area contributed by atoms with Crippen LogP contribution in [0.5, 0.6) is 0 Å². The second-order valence-corrected chi connectivity index (χ2v) is 3.47. The van der Waals surface area contributed by atoms with Crippen LogP contribution in [-0.2, 0) is 0 Å². The van der Waals surface area contributed by atoms with Crippen molar-refractivity contribution in [3.63, 3.8) is 0 Å². The standard InChI is InChI=1S/C11H20.C2H6/c1-6-11(10(4)5)8-7-9(2)3;1-2/h7,11H,4,6,8H2,1-3,5H3;1-2H3. The van der Waals surface area contributed by atoms with Gasteiger partial charge < -0.3 is 0 Å². The van der Waals surface area contributed by atoms with E-state index in [-0.39, 0.29) is 0 Å². The van der Waals surface area contributed by atoms with Gasteiger partial charge in [0.05, 0.1) is 0 Å². The van der Waals surface area contributed by atoms with Gasteiger partial charge in [-0.3, -0.25) is 0 Å². The smallest absolute Gasteiger partial charge is 0.0177 e. The molecule has 0 bridgehead atoms. The predicted octanol–water partition coefficient (Wildman–Crippen LogP) is 4.97. The normalized spacial score (nSPS) is 10.9. The average molecular weight is 182 g/mol. The molecule has 0 fully saturated rings. The Morgan fingerprint density at radius 3 is 1.92 bits per heavy atom. The summed E-state index contributed by atoms with van der Waals surface area (Å²) in [4.78, 5) is 0. The first-order valence-corrected chi connectivity index (χ1v) is 5.36. The quantitative estimate of drug-likeness (QED) is 0.538. The van der Waals surface area contributed by atoms with Crippen LogP contribution in [0.4, 0.5) is 0 Å². The Morgan fingerprint density at radius 1 is 1.23 bits per heavy atom. The first kappa shape index (κ1) is 15.0. The van der Waals surface area contributed by atoms with E-state index in [1.807, 2.05) is 13.8 Å². The Morgan fingerprint density at radius 2 is 1.69 bits per heavy atom. The van der Waals surface area contributed by atoms with Crippen LogP contribution < -0.4 is 0 Å². The minimum absolute atomic E-state index is 0.685.